The fraction of sp³-hybridized carbons (Fsp3) is 0.579. The number of amides is 1. The van der Waals surface area contributed by atoms with Crippen LogP contribution in [-0.4, -0.2) is 60.1 Å². The summed E-state index contributed by atoms with van der Waals surface area (Å²) >= 11 is 6.08. The summed E-state index contributed by atoms with van der Waals surface area (Å²) in [6, 6.07) is 4.20. The van der Waals surface area contributed by atoms with Gasteiger partial charge in [-0.25, -0.2) is 0 Å². The van der Waals surface area contributed by atoms with E-state index in [0.717, 1.165) is 25.9 Å². The molecular weight excluding hydrogens is 356 g/mol. The van der Waals surface area contributed by atoms with Gasteiger partial charge in [-0.1, -0.05) is 11.6 Å². The zero-order valence-corrected chi connectivity index (χ0v) is 15.7. The van der Waals surface area contributed by atoms with Gasteiger partial charge in [0.1, 0.15) is 11.8 Å². The number of aliphatic carboxylic acids is 1. The molecule has 0 aliphatic carbocycles. The van der Waals surface area contributed by atoms with Gasteiger partial charge in [0, 0.05) is 42.7 Å². The Labute approximate surface area is 158 Å². The van der Waals surface area contributed by atoms with E-state index in [4.69, 9.17) is 16.3 Å². The quantitative estimate of drug-likeness (QED) is 0.850. The van der Waals surface area contributed by atoms with Crippen LogP contribution in [0.3, 0.4) is 0 Å². The van der Waals surface area contributed by atoms with Crippen molar-refractivity contribution in [2.75, 3.05) is 33.3 Å². The van der Waals surface area contributed by atoms with Gasteiger partial charge in [-0.2, -0.15) is 0 Å². The van der Waals surface area contributed by atoms with Crippen molar-refractivity contribution in [1.29, 1.82) is 0 Å². The van der Waals surface area contributed by atoms with Gasteiger partial charge in [0.25, 0.3) is 0 Å². The second-order valence-electron chi connectivity index (χ2n) is 6.97. The van der Waals surface area contributed by atoms with Crippen LogP contribution in [0.2, 0.25) is 5.02 Å². The van der Waals surface area contributed by atoms with Gasteiger partial charge in [-0.05, 0) is 43.9 Å². The molecule has 2 aliphatic rings. The van der Waals surface area contributed by atoms with Crippen LogP contribution in [0.4, 0.5) is 0 Å². The molecule has 2 fully saturated rings. The van der Waals surface area contributed by atoms with E-state index in [2.05, 4.69) is 0 Å². The van der Waals surface area contributed by atoms with Crippen LogP contribution in [0.25, 0.3) is 0 Å². The molecule has 1 amide bonds. The third-order valence-electron chi connectivity index (χ3n) is 5.38. The average Bonchev–Trinajstić information content (AvgIpc) is 3.16. The van der Waals surface area contributed by atoms with Gasteiger partial charge in [-0.3, -0.25) is 14.5 Å². The van der Waals surface area contributed by atoms with Gasteiger partial charge in [0.05, 0.1) is 7.11 Å². The molecule has 142 valence electrons. The first-order valence-corrected chi connectivity index (χ1v) is 9.48. The average molecular weight is 381 g/mol. The lowest BCUT2D eigenvalue weighted by molar-refractivity contribution is -0.145. The summed E-state index contributed by atoms with van der Waals surface area (Å²) < 4.78 is 5.34. The molecule has 1 atom stereocenters. The molecule has 2 saturated heterocycles. The Kier molecular flexibility index (Phi) is 6.04. The summed E-state index contributed by atoms with van der Waals surface area (Å²) in [7, 11) is 1.52. The molecule has 2 aliphatic heterocycles. The monoisotopic (exact) mass is 380 g/mol. The van der Waals surface area contributed by atoms with E-state index in [1.54, 1.807) is 18.2 Å². The molecule has 0 unspecified atom stereocenters. The zero-order valence-electron chi connectivity index (χ0n) is 15.0. The number of carbonyl (C=O) groups excluding carboxylic acids is 1. The molecule has 0 spiro atoms. The van der Waals surface area contributed by atoms with E-state index in [0.29, 0.717) is 42.3 Å². The number of rotatable bonds is 5. The van der Waals surface area contributed by atoms with Gasteiger partial charge in [0.2, 0.25) is 5.91 Å². The van der Waals surface area contributed by atoms with Crippen molar-refractivity contribution >= 4 is 23.5 Å². The minimum atomic E-state index is -0.935. The Bertz CT molecular complexity index is 668. The predicted molar refractivity (Wildman–Crippen MR) is 98.5 cm³/mol. The Morgan fingerprint density at radius 1 is 1.19 bits per heavy atom. The SMILES string of the molecule is COc1ccc(Cl)cc1[C@@H](C(=O)O)N1CCC(C(=O)N2CCCC2)CC1. The first kappa shape index (κ1) is 19.0. The van der Waals surface area contributed by atoms with Crippen LogP contribution >= 0.6 is 11.6 Å². The van der Waals surface area contributed by atoms with E-state index in [-0.39, 0.29) is 11.8 Å². The number of hydrogen-bond acceptors (Lipinski definition) is 4. The van der Waals surface area contributed by atoms with Gasteiger partial charge in [-0.15, -0.1) is 0 Å². The highest BCUT2D eigenvalue weighted by Crippen LogP contribution is 2.35. The van der Waals surface area contributed by atoms with Gasteiger partial charge in [0.15, 0.2) is 0 Å². The number of methoxy groups -OCH3 is 1. The van der Waals surface area contributed by atoms with Crippen LogP contribution in [0.5, 0.6) is 5.75 Å². The number of carboxylic acids is 1. The third-order valence-corrected chi connectivity index (χ3v) is 5.62. The minimum absolute atomic E-state index is 0.0000479. The molecule has 6 nitrogen and oxygen atoms in total. The molecule has 7 heteroatoms. The summed E-state index contributed by atoms with van der Waals surface area (Å²) in [5.74, 6) is -0.193. The van der Waals surface area contributed by atoms with E-state index in [1.807, 2.05) is 9.80 Å². The summed E-state index contributed by atoms with van der Waals surface area (Å²) in [6.07, 6.45) is 3.53. The predicted octanol–water partition coefficient (Wildman–Crippen LogP) is 2.81. The standard InChI is InChI=1S/C19H25ClN2O4/c1-26-16-5-4-14(20)12-15(16)17(19(24)25)21-10-6-13(7-11-21)18(23)22-8-2-3-9-22/h4-5,12-13,17H,2-3,6-11H2,1H3,(H,24,25)/t17-/m0/s1. The maximum Gasteiger partial charge on any atom is 0.325 e. The van der Waals surface area contributed by atoms with Crippen LogP contribution in [-0.2, 0) is 9.59 Å². The van der Waals surface area contributed by atoms with E-state index >= 15 is 0 Å². The van der Waals surface area contributed by atoms with Crippen molar-refractivity contribution in [3.05, 3.63) is 28.8 Å². The van der Waals surface area contributed by atoms with Crippen molar-refractivity contribution in [2.45, 2.75) is 31.7 Å². The number of hydrogen-bond donors (Lipinski definition) is 1. The topological polar surface area (TPSA) is 70.1 Å². The fourth-order valence-corrected chi connectivity index (χ4v) is 4.19. The Balaban J connectivity index is 1.72. The van der Waals surface area contributed by atoms with Crippen molar-refractivity contribution in [3.8, 4) is 5.75 Å². The highest BCUT2D eigenvalue weighted by atomic mass is 35.5. The molecule has 1 aromatic carbocycles. The first-order valence-electron chi connectivity index (χ1n) is 9.10. The Morgan fingerprint density at radius 2 is 1.85 bits per heavy atom. The summed E-state index contributed by atoms with van der Waals surface area (Å²) in [4.78, 5) is 28.4. The number of ether oxygens (including phenoxy) is 1. The van der Waals surface area contributed by atoms with Crippen LogP contribution < -0.4 is 4.74 Å². The third kappa shape index (κ3) is 3.96. The smallest absolute Gasteiger partial charge is 0.325 e. The van der Waals surface area contributed by atoms with E-state index in [9.17, 15) is 14.7 Å². The number of halogens is 1. The van der Waals surface area contributed by atoms with Crippen molar-refractivity contribution < 1.29 is 19.4 Å². The molecule has 1 N–H and O–H groups in total. The molecule has 0 bridgehead atoms. The maximum absolute atomic E-state index is 12.6. The lowest BCUT2D eigenvalue weighted by Gasteiger charge is -2.36. The largest absolute Gasteiger partial charge is 0.496 e. The fourth-order valence-electron chi connectivity index (χ4n) is 4.01. The van der Waals surface area contributed by atoms with Gasteiger partial charge >= 0.3 is 5.97 Å². The van der Waals surface area contributed by atoms with Crippen molar-refractivity contribution in [1.82, 2.24) is 9.80 Å². The Morgan fingerprint density at radius 3 is 2.42 bits per heavy atom. The number of nitrogens with zero attached hydrogens (tertiary/aromatic N) is 2. The normalized spacial score (nSPS) is 20.2. The number of carbonyl (C=O) groups is 2. The lowest BCUT2D eigenvalue weighted by atomic mass is 9.92. The Hall–Kier alpha value is -1.79. The van der Waals surface area contributed by atoms with Crippen LogP contribution in [0.15, 0.2) is 18.2 Å². The molecule has 2 heterocycles. The molecule has 0 saturated carbocycles. The van der Waals surface area contributed by atoms with Crippen LogP contribution in [0.1, 0.15) is 37.3 Å². The molecule has 1 aromatic rings. The molecule has 3 rings (SSSR count). The second kappa shape index (κ2) is 8.27. The number of carboxylic acid groups (broad SMARTS) is 1. The highest BCUT2D eigenvalue weighted by molar-refractivity contribution is 6.30. The number of benzene rings is 1. The summed E-state index contributed by atoms with van der Waals surface area (Å²) in [6.45, 7) is 2.85. The maximum atomic E-state index is 12.6. The first-order chi connectivity index (χ1) is 12.5. The minimum Gasteiger partial charge on any atom is -0.496 e. The summed E-state index contributed by atoms with van der Waals surface area (Å²) in [5.41, 5.74) is 0.553. The van der Waals surface area contributed by atoms with Crippen molar-refractivity contribution in [2.24, 2.45) is 5.92 Å². The number of likely N-dealkylation sites (tertiary alicyclic amines) is 2. The second-order valence-corrected chi connectivity index (χ2v) is 7.41. The molecule has 0 radical (unpaired) electrons. The molecular formula is C19H25ClN2O4. The lowest BCUT2D eigenvalue weighted by Crippen LogP contribution is -2.44. The highest BCUT2D eigenvalue weighted by Gasteiger charge is 2.36. The van der Waals surface area contributed by atoms with Gasteiger partial charge < -0.3 is 14.7 Å². The van der Waals surface area contributed by atoms with Crippen molar-refractivity contribution in [3.63, 3.8) is 0 Å². The van der Waals surface area contributed by atoms with E-state index < -0.39 is 12.0 Å². The molecule has 0 aromatic heterocycles. The van der Waals surface area contributed by atoms with E-state index in [1.165, 1.54) is 7.11 Å². The summed E-state index contributed by atoms with van der Waals surface area (Å²) in [5, 5.41) is 10.3. The number of piperidine rings is 1. The zero-order chi connectivity index (χ0) is 18.7. The molecule has 26 heavy (non-hydrogen) atoms. The van der Waals surface area contributed by atoms with Crippen LogP contribution in [0, 0.1) is 5.92 Å².